The predicted molar refractivity (Wildman–Crippen MR) is 39.4 cm³/mol. The fourth-order valence-electron chi connectivity index (χ4n) is 1.18. The molecule has 1 fully saturated rings. The van der Waals surface area contributed by atoms with Gasteiger partial charge in [-0.3, -0.25) is 0 Å². The van der Waals surface area contributed by atoms with Crippen molar-refractivity contribution >= 4 is 11.6 Å². The zero-order valence-corrected chi connectivity index (χ0v) is 6.14. The van der Waals surface area contributed by atoms with E-state index in [1.165, 1.54) is 0 Å². The zero-order valence-electron chi connectivity index (χ0n) is 5.39. The predicted octanol–water partition coefficient (Wildman–Crippen LogP) is 0.432. The summed E-state index contributed by atoms with van der Waals surface area (Å²) in [6, 6.07) is 0.307. The Bertz CT molecular complexity index is 97.1. The summed E-state index contributed by atoms with van der Waals surface area (Å²) in [6.07, 6.45) is 2.88. The molecule has 0 heterocycles. The molecule has 0 aromatic carbocycles. The van der Waals surface area contributed by atoms with Crippen LogP contribution in [0, 0.1) is 0 Å². The van der Waals surface area contributed by atoms with Crippen LogP contribution in [0.15, 0.2) is 0 Å². The van der Waals surface area contributed by atoms with E-state index in [1.54, 1.807) is 0 Å². The van der Waals surface area contributed by atoms with Crippen molar-refractivity contribution in [3.63, 3.8) is 0 Å². The molecule has 1 rings (SSSR count). The molecule has 2 nitrogen and oxygen atoms in total. The van der Waals surface area contributed by atoms with Gasteiger partial charge in [0.15, 0.2) is 0 Å². The number of hydrogen-bond donors (Lipinski definition) is 2. The monoisotopic (exact) mass is 148 g/mol. The van der Waals surface area contributed by atoms with Gasteiger partial charge in [-0.05, 0) is 19.3 Å². The second-order valence-corrected chi connectivity index (χ2v) is 3.36. The number of rotatable bonds is 0. The lowest BCUT2D eigenvalue weighted by Crippen LogP contribution is -2.46. The zero-order chi connectivity index (χ0) is 6.85. The molecular formula is C6H13ClN2. The Morgan fingerprint density at radius 1 is 1.11 bits per heavy atom. The smallest absolute Gasteiger partial charge is 0.0352 e. The van der Waals surface area contributed by atoms with Crippen molar-refractivity contribution in [2.24, 2.45) is 11.5 Å². The fraction of sp³-hybridized carbons (Fsp3) is 1.00. The van der Waals surface area contributed by atoms with Gasteiger partial charge in [-0.25, -0.2) is 0 Å². The van der Waals surface area contributed by atoms with E-state index in [2.05, 4.69) is 0 Å². The number of nitrogens with two attached hydrogens (primary N) is 2. The topological polar surface area (TPSA) is 52.0 Å². The molecule has 3 heteroatoms. The van der Waals surface area contributed by atoms with E-state index in [9.17, 15) is 0 Å². The van der Waals surface area contributed by atoms with Crippen LogP contribution in [-0.4, -0.2) is 17.5 Å². The largest absolute Gasteiger partial charge is 0.326 e. The lowest BCUT2D eigenvalue weighted by atomic mass is 9.91. The van der Waals surface area contributed by atoms with E-state index >= 15 is 0 Å². The molecule has 54 valence electrons. The van der Waals surface area contributed by atoms with Crippen LogP contribution in [0.5, 0.6) is 0 Å². The highest BCUT2D eigenvalue weighted by atomic mass is 35.5. The second-order valence-electron chi connectivity index (χ2n) is 2.74. The highest BCUT2D eigenvalue weighted by Crippen LogP contribution is 2.20. The first-order valence-electron chi connectivity index (χ1n) is 3.35. The van der Waals surface area contributed by atoms with Crippen molar-refractivity contribution < 1.29 is 0 Å². The molecular weight excluding hydrogens is 136 g/mol. The lowest BCUT2D eigenvalue weighted by molar-refractivity contribution is 0.389. The molecule has 0 radical (unpaired) electrons. The van der Waals surface area contributed by atoms with Gasteiger partial charge in [-0.2, -0.15) is 0 Å². The maximum atomic E-state index is 5.84. The van der Waals surface area contributed by atoms with Gasteiger partial charge in [-0.15, -0.1) is 11.6 Å². The highest BCUT2D eigenvalue weighted by molar-refractivity contribution is 6.20. The minimum Gasteiger partial charge on any atom is -0.326 e. The third-order valence-corrected chi connectivity index (χ3v) is 2.29. The Labute approximate surface area is 60.5 Å². The van der Waals surface area contributed by atoms with Crippen molar-refractivity contribution in [1.29, 1.82) is 0 Å². The van der Waals surface area contributed by atoms with Gasteiger partial charge in [0.25, 0.3) is 0 Å². The maximum absolute atomic E-state index is 5.84. The standard InChI is InChI=1S/C6H13ClN2/c7-4-1-2-5(8)6(9)3-4/h4-6H,1-3,8-9H2. The van der Waals surface area contributed by atoms with Crippen LogP contribution >= 0.6 is 11.6 Å². The van der Waals surface area contributed by atoms with Crippen LogP contribution in [0.4, 0.5) is 0 Å². The summed E-state index contributed by atoms with van der Waals surface area (Å²) in [5.41, 5.74) is 11.3. The van der Waals surface area contributed by atoms with Gasteiger partial charge in [0, 0.05) is 17.5 Å². The molecule has 0 aliphatic heterocycles. The number of alkyl halides is 1. The third kappa shape index (κ3) is 1.81. The summed E-state index contributed by atoms with van der Waals surface area (Å²) in [6.45, 7) is 0. The van der Waals surface area contributed by atoms with Gasteiger partial charge in [0.1, 0.15) is 0 Å². The van der Waals surface area contributed by atoms with E-state index in [0.717, 1.165) is 19.3 Å². The first-order chi connectivity index (χ1) is 4.20. The number of hydrogen-bond acceptors (Lipinski definition) is 2. The van der Waals surface area contributed by atoms with Crippen molar-refractivity contribution in [2.45, 2.75) is 36.7 Å². The quantitative estimate of drug-likeness (QED) is 0.490. The van der Waals surface area contributed by atoms with Crippen LogP contribution in [0.3, 0.4) is 0 Å². The normalized spacial score (nSPS) is 45.0. The Morgan fingerprint density at radius 3 is 2.22 bits per heavy atom. The molecule has 0 aromatic heterocycles. The first-order valence-corrected chi connectivity index (χ1v) is 3.79. The fourth-order valence-corrected chi connectivity index (χ4v) is 1.51. The van der Waals surface area contributed by atoms with E-state index in [4.69, 9.17) is 23.1 Å². The van der Waals surface area contributed by atoms with Crippen molar-refractivity contribution in [3.8, 4) is 0 Å². The van der Waals surface area contributed by atoms with Crippen molar-refractivity contribution in [3.05, 3.63) is 0 Å². The minimum atomic E-state index is 0.126. The molecule has 0 aromatic rings. The SMILES string of the molecule is NC1CCC(Cl)CC1N. The molecule has 3 unspecified atom stereocenters. The van der Waals surface area contributed by atoms with Gasteiger partial charge in [-0.1, -0.05) is 0 Å². The summed E-state index contributed by atoms with van der Waals surface area (Å²) < 4.78 is 0. The molecule has 9 heavy (non-hydrogen) atoms. The average molecular weight is 149 g/mol. The molecule has 1 aliphatic carbocycles. The van der Waals surface area contributed by atoms with Crippen molar-refractivity contribution in [1.82, 2.24) is 0 Å². The summed E-state index contributed by atoms with van der Waals surface area (Å²) in [5, 5.41) is 0.264. The Balaban J connectivity index is 2.35. The molecule has 1 aliphatic rings. The molecule has 0 spiro atoms. The molecule has 4 N–H and O–H groups in total. The minimum absolute atomic E-state index is 0.126. The van der Waals surface area contributed by atoms with E-state index in [-0.39, 0.29) is 17.5 Å². The van der Waals surface area contributed by atoms with E-state index < -0.39 is 0 Å². The van der Waals surface area contributed by atoms with Gasteiger partial charge in [0.2, 0.25) is 0 Å². The van der Waals surface area contributed by atoms with Crippen LogP contribution < -0.4 is 11.5 Å². The van der Waals surface area contributed by atoms with Gasteiger partial charge >= 0.3 is 0 Å². The van der Waals surface area contributed by atoms with Gasteiger partial charge in [0.05, 0.1) is 0 Å². The Kier molecular flexibility index (Phi) is 2.33. The van der Waals surface area contributed by atoms with E-state index in [0.29, 0.717) is 0 Å². The Hall–Kier alpha value is 0.210. The lowest BCUT2D eigenvalue weighted by Gasteiger charge is -2.27. The molecule has 3 atom stereocenters. The summed E-state index contributed by atoms with van der Waals surface area (Å²) >= 11 is 5.84. The van der Waals surface area contributed by atoms with E-state index in [1.807, 2.05) is 0 Å². The van der Waals surface area contributed by atoms with Gasteiger partial charge < -0.3 is 11.5 Å². The summed E-state index contributed by atoms with van der Waals surface area (Å²) in [5.74, 6) is 0. The molecule has 0 saturated heterocycles. The van der Waals surface area contributed by atoms with Crippen LogP contribution in [0.25, 0.3) is 0 Å². The molecule has 0 bridgehead atoms. The maximum Gasteiger partial charge on any atom is 0.0352 e. The molecule has 0 amide bonds. The highest BCUT2D eigenvalue weighted by Gasteiger charge is 2.23. The second kappa shape index (κ2) is 2.86. The average Bonchev–Trinajstić information content (AvgIpc) is 1.80. The van der Waals surface area contributed by atoms with Crippen LogP contribution in [0.1, 0.15) is 19.3 Å². The molecule has 1 saturated carbocycles. The Morgan fingerprint density at radius 2 is 1.78 bits per heavy atom. The number of halogens is 1. The summed E-state index contributed by atoms with van der Waals surface area (Å²) in [7, 11) is 0. The van der Waals surface area contributed by atoms with Crippen LogP contribution in [-0.2, 0) is 0 Å². The first kappa shape index (κ1) is 7.32. The summed E-state index contributed by atoms with van der Waals surface area (Å²) in [4.78, 5) is 0. The van der Waals surface area contributed by atoms with Crippen LogP contribution in [0.2, 0.25) is 0 Å². The van der Waals surface area contributed by atoms with Crippen molar-refractivity contribution in [2.75, 3.05) is 0 Å². The third-order valence-electron chi connectivity index (χ3n) is 1.89.